The zero-order valence-electron chi connectivity index (χ0n) is 11.3. The van der Waals surface area contributed by atoms with Gasteiger partial charge in [0, 0.05) is 13.1 Å². The van der Waals surface area contributed by atoms with Gasteiger partial charge in [-0.1, -0.05) is 48.5 Å². The quantitative estimate of drug-likeness (QED) is 0.608. The number of hydrogen-bond donors (Lipinski definition) is 1. The van der Waals surface area contributed by atoms with Crippen LogP contribution in [0.4, 0.5) is 5.69 Å². The summed E-state index contributed by atoms with van der Waals surface area (Å²) in [7, 11) is 2.10. The Kier molecular flexibility index (Phi) is 5.41. The van der Waals surface area contributed by atoms with Crippen LogP contribution in [0.25, 0.3) is 0 Å². The van der Waals surface area contributed by atoms with Crippen molar-refractivity contribution in [1.82, 2.24) is 4.90 Å². The highest BCUT2D eigenvalue weighted by molar-refractivity contribution is 5.39. The molecule has 1 N–H and O–H groups in total. The summed E-state index contributed by atoms with van der Waals surface area (Å²) in [5.74, 6) is 0. The topological polar surface area (TPSA) is 24.5 Å². The number of nitrogens with zero attached hydrogens (tertiary/aromatic N) is 1. The van der Waals surface area contributed by atoms with E-state index in [2.05, 4.69) is 41.7 Å². The van der Waals surface area contributed by atoms with Crippen LogP contribution in [-0.2, 0) is 11.4 Å². The van der Waals surface area contributed by atoms with E-state index in [9.17, 15) is 0 Å². The van der Waals surface area contributed by atoms with Crippen molar-refractivity contribution in [2.45, 2.75) is 6.54 Å². The van der Waals surface area contributed by atoms with Gasteiger partial charge in [-0.2, -0.15) is 0 Å². The first-order valence-electron chi connectivity index (χ1n) is 6.50. The second-order valence-electron chi connectivity index (χ2n) is 4.54. The molecule has 0 heterocycles. The van der Waals surface area contributed by atoms with Crippen molar-refractivity contribution in [2.75, 3.05) is 25.7 Å². The van der Waals surface area contributed by atoms with Crippen LogP contribution in [0.1, 0.15) is 5.56 Å². The van der Waals surface area contributed by atoms with Gasteiger partial charge in [-0.3, -0.25) is 15.2 Å². The third-order valence-corrected chi connectivity index (χ3v) is 2.83. The maximum Gasteiger partial charge on any atom is 0.0873 e. The molecule has 0 aliphatic rings. The van der Waals surface area contributed by atoms with E-state index in [1.165, 1.54) is 5.56 Å². The summed E-state index contributed by atoms with van der Waals surface area (Å²) in [6.45, 7) is 2.47. The van der Waals surface area contributed by atoms with Gasteiger partial charge < -0.3 is 0 Å². The van der Waals surface area contributed by atoms with Crippen molar-refractivity contribution >= 4 is 5.69 Å². The summed E-state index contributed by atoms with van der Waals surface area (Å²) in [5, 5.41) is 0. The van der Waals surface area contributed by atoms with Crippen LogP contribution >= 0.6 is 0 Å². The summed E-state index contributed by atoms with van der Waals surface area (Å²) in [6.07, 6.45) is 0. The van der Waals surface area contributed by atoms with Crippen molar-refractivity contribution in [3.63, 3.8) is 0 Å². The number of benzene rings is 2. The SMILES string of the molecule is CN(CCONc1ccccc1)Cc1ccccc1. The number of para-hydroxylation sites is 1. The number of nitrogens with one attached hydrogen (secondary N) is 1. The van der Waals surface area contributed by atoms with Gasteiger partial charge >= 0.3 is 0 Å². The van der Waals surface area contributed by atoms with Crippen LogP contribution in [0.2, 0.25) is 0 Å². The molecule has 0 aliphatic carbocycles. The molecule has 0 aliphatic heterocycles. The molecule has 0 radical (unpaired) electrons. The Morgan fingerprint density at radius 3 is 2.26 bits per heavy atom. The highest BCUT2D eigenvalue weighted by Gasteiger charge is 1.99. The minimum Gasteiger partial charge on any atom is -0.300 e. The fraction of sp³-hybridized carbons (Fsp3) is 0.250. The third kappa shape index (κ3) is 5.12. The fourth-order valence-corrected chi connectivity index (χ4v) is 1.82. The zero-order valence-corrected chi connectivity index (χ0v) is 11.3. The number of hydrogen-bond acceptors (Lipinski definition) is 3. The Morgan fingerprint density at radius 2 is 1.58 bits per heavy atom. The van der Waals surface area contributed by atoms with Crippen LogP contribution in [0.3, 0.4) is 0 Å². The lowest BCUT2D eigenvalue weighted by atomic mass is 10.2. The molecule has 0 amide bonds. The molecule has 2 aromatic carbocycles. The van der Waals surface area contributed by atoms with Crippen molar-refractivity contribution in [3.8, 4) is 0 Å². The van der Waals surface area contributed by atoms with E-state index in [4.69, 9.17) is 4.84 Å². The molecule has 3 nitrogen and oxygen atoms in total. The minimum atomic E-state index is 0.651. The number of likely N-dealkylation sites (N-methyl/N-ethyl adjacent to an activating group) is 1. The molecule has 0 bridgehead atoms. The van der Waals surface area contributed by atoms with E-state index < -0.39 is 0 Å². The average molecular weight is 256 g/mol. The molecule has 2 aromatic rings. The minimum absolute atomic E-state index is 0.651. The predicted molar refractivity (Wildman–Crippen MR) is 78.8 cm³/mol. The van der Waals surface area contributed by atoms with Gasteiger partial charge in [0.05, 0.1) is 12.3 Å². The van der Waals surface area contributed by atoms with E-state index >= 15 is 0 Å². The lowest BCUT2D eigenvalue weighted by Crippen LogP contribution is -2.23. The molecule has 0 spiro atoms. The van der Waals surface area contributed by atoms with Crippen LogP contribution in [0, 0.1) is 0 Å². The first kappa shape index (κ1) is 13.6. The highest BCUT2D eigenvalue weighted by atomic mass is 16.6. The molecule has 0 aromatic heterocycles. The first-order valence-corrected chi connectivity index (χ1v) is 6.50. The summed E-state index contributed by atoms with van der Waals surface area (Å²) < 4.78 is 0. The second-order valence-corrected chi connectivity index (χ2v) is 4.54. The average Bonchev–Trinajstić information content (AvgIpc) is 2.46. The largest absolute Gasteiger partial charge is 0.300 e. The van der Waals surface area contributed by atoms with E-state index in [0.717, 1.165) is 18.8 Å². The Hall–Kier alpha value is -1.84. The zero-order chi connectivity index (χ0) is 13.3. The van der Waals surface area contributed by atoms with Gasteiger partial charge in [-0.25, -0.2) is 0 Å². The Labute approximate surface area is 114 Å². The lowest BCUT2D eigenvalue weighted by Gasteiger charge is -2.16. The molecule has 2 rings (SSSR count). The van der Waals surface area contributed by atoms with Gasteiger partial charge in [0.15, 0.2) is 0 Å². The predicted octanol–water partition coefficient (Wildman–Crippen LogP) is 3.16. The molecule has 100 valence electrons. The van der Waals surface area contributed by atoms with E-state index in [1.807, 2.05) is 36.4 Å². The second kappa shape index (κ2) is 7.56. The summed E-state index contributed by atoms with van der Waals surface area (Å²) in [6, 6.07) is 20.4. The van der Waals surface area contributed by atoms with Crippen LogP contribution < -0.4 is 5.48 Å². The molecule has 19 heavy (non-hydrogen) atoms. The third-order valence-electron chi connectivity index (χ3n) is 2.83. The van der Waals surface area contributed by atoms with Crippen LogP contribution in [0.15, 0.2) is 60.7 Å². The lowest BCUT2D eigenvalue weighted by molar-refractivity contribution is 0.155. The monoisotopic (exact) mass is 256 g/mol. The Balaban J connectivity index is 1.63. The van der Waals surface area contributed by atoms with Gasteiger partial charge in [0.1, 0.15) is 0 Å². The molecule has 0 fully saturated rings. The molecule has 0 saturated heterocycles. The van der Waals surface area contributed by atoms with Crippen LogP contribution in [-0.4, -0.2) is 25.1 Å². The maximum atomic E-state index is 5.44. The fourth-order valence-electron chi connectivity index (χ4n) is 1.82. The van der Waals surface area contributed by atoms with Crippen molar-refractivity contribution in [1.29, 1.82) is 0 Å². The summed E-state index contributed by atoms with van der Waals surface area (Å²) >= 11 is 0. The van der Waals surface area contributed by atoms with Crippen molar-refractivity contribution in [2.24, 2.45) is 0 Å². The van der Waals surface area contributed by atoms with E-state index in [-0.39, 0.29) is 0 Å². The van der Waals surface area contributed by atoms with Crippen LogP contribution in [0.5, 0.6) is 0 Å². The molecule has 3 heteroatoms. The summed E-state index contributed by atoms with van der Waals surface area (Å²) in [4.78, 5) is 7.67. The number of anilines is 1. The molecule has 0 unspecified atom stereocenters. The summed E-state index contributed by atoms with van der Waals surface area (Å²) in [5.41, 5.74) is 5.24. The van der Waals surface area contributed by atoms with Gasteiger partial charge in [0.2, 0.25) is 0 Å². The standard InChI is InChI=1S/C16H20N2O/c1-18(14-15-8-4-2-5-9-15)12-13-19-17-16-10-6-3-7-11-16/h2-11,17H,12-14H2,1H3. The van der Waals surface area contributed by atoms with Crippen molar-refractivity contribution in [3.05, 3.63) is 66.2 Å². The molecule has 0 saturated carbocycles. The maximum absolute atomic E-state index is 5.44. The molecular weight excluding hydrogens is 236 g/mol. The first-order chi connectivity index (χ1) is 9.34. The Bertz CT molecular complexity index is 459. The Morgan fingerprint density at radius 1 is 0.947 bits per heavy atom. The number of rotatable bonds is 7. The smallest absolute Gasteiger partial charge is 0.0873 e. The van der Waals surface area contributed by atoms with E-state index in [1.54, 1.807) is 0 Å². The molecular formula is C16H20N2O. The highest BCUT2D eigenvalue weighted by Crippen LogP contribution is 2.05. The van der Waals surface area contributed by atoms with Gasteiger partial charge in [-0.15, -0.1) is 0 Å². The molecule has 0 atom stereocenters. The van der Waals surface area contributed by atoms with E-state index in [0.29, 0.717) is 6.61 Å². The van der Waals surface area contributed by atoms with Gasteiger partial charge in [-0.05, 0) is 24.7 Å². The van der Waals surface area contributed by atoms with Gasteiger partial charge in [0.25, 0.3) is 0 Å². The van der Waals surface area contributed by atoms with Crippen molar-refractivity contribution < 1.29 is 4.84 Å². The normalized spacial score (nSPS) is 10.6.